The van der Waals surface area contributed by atoms with Crippen molar-refractivity contribution < 1.29 is 10.2 Å². The van der Waals surface area contributed by atoms with E-state index in [-0.39, 0.29) is 0 Å². The molecule has 4 nitrogen and oxygen atoms in total. The molecule has 2 N–H and O–H groups in total. The van der Waals surface area contributed by atoms with Crippen molar-refractivity contribution in [2.45, 2.75) is 32.0 Å². The van der Waals surface area contributed by atoms with Crippen molar-refractivity contribution in [2.75, 3.05) is 0 Å². The first kappa shape index (κ1) is 15.2. The van der Waals surface area contributed by atoms with Crippen molar-refractivity contribution in [3.63, 3.8) is 0 Å². The van der Waals surface area contributed by atoms with Crippen LogP contribution in [0.1, 0.15) is 30.0 Å². The van der Waals surface area contributed by atoms with Crippen molar-refractivity contribution in [3.8, 4) is 0 Å². The summed E-state index contributed by atoms with van der Waals surface area (Å²) in [6, 6.07) is 9.20. The zero-order valence-corrected chi connectivity index (χ0v) is 13.2. The summed E-state index contributed by atoms with van der Waals surface area (Å²) in [6.07, 6.45) is -0.594. The number of rotatable bonds is 5. The molecule has 108 valence electrons. The van der Waals surface area contributed by atoms with Crippen molar-refractivity contribution in [1.82, 2.24) is 9.78 Å². The number of aliphatic hydroxyl groups excluding tert-OH is 2. The first-order chi connectivity index (χ1) is 9.54. The number of benzene rings is 1. The minimum atomic E-state index is -0.900. The van der Waals surface area contributed by atoms with Crippen LogP contribution >= 0.6 is 15.9 Å². The van der Waals surface area contributed by atoms with E-state index in [0.717, 1.165) is 22.3 Å². The average Bonchev–Trinajstić information content (AvgIpc) is 2.74. The molecule has 20 heavy (non-hydrogen) atoms. The Hall–Kier alpha value is -1.17. The van der Waals surface area contributed by atoms with E-state index in [4.69, 9.17) is 0 Å². The number of hydrogen-bond donors (Lipinski definition) is 2. The molecule has 2 aromatic rings. The monoisotopic (exact) mass is 338 g/mol. The lowest BCUT2D eigenvalue weighted by Gasteiger charge is -2.18. The van der Waals surface area contributed by atoms with Gasteiger partial charge in [-0.1, -0.05) is 37.3 Å². The maximum Gasteiger partial charge on any atom is 0.105 e. The van der Waals surface area contributed by atoms with Gasteiger partial charge in [-0.3, -0.25) is 4.68 Å². The van der Waals surface area contributed by atoms with Gasteiger partial charge in [0.2, 0.25) is 0 Å². The van der Waals surface area contributed by atoms with Gasteiger partial charge in [0.05, 0.1) is 22.0 Å². The summed E-state index contributed by atoms with van der Waals surface area (Å²) < 4.78 is 2.67. The highest BCUT2D eigenvalue weighted by molar-refractivity contribution is 9.10. The normalized spacial score (nSPS) is 14.2. The van der Waals surface area contributed by atoms with Gasteiger partial charge in [-0.2, -0.15) is 5.10 Å². The van der Waals surface area contributed by atoms with Gasteiger partial charge in [-0.15, -0.1) is 0 Å². The lowest BCUT2D eigenvalue weighted by atomic mass is 10.0. The van der Waals surface area contributed by atoms with Crippen LogP contribution in [0.4, 0.5) is 0 Å². The first-order valence-electron chi connectivity index (χ1n) is 6.65. The third kappa shape index (κ3) is 3.11. The molecule has 0 amide bonds. The topological polar surface area (TPSA) is 58.3 Å². The van der Waals surface area contributed by atoms with Crippen LogP contribution < -0.4 is 0 Å². The first-order valence-corrected chi connectivity index (χ1v) is 7.45. The van der Waals surface area contributed by atoms with Crippen LogP contribution in [0.25, 0.3) is 0 Å². The van der Waals surface area contributed by atoms with Crippen LogP contribution in [0, 0.1) is 0 Å². The molecular weight excluding hydrogens is 320 g/mol. The van der Waals surface area contributed by atoms with Crippen LogP contribution in [0.15, 0.2) is 34.8 Å². The summed E-state index contributed by atoms with van der Waals surface area (Å²) in [5.74, 6) is 0. The molecule has 0 aliphatic heterocycles. The molecule has 0 aliphatic rings. The fraction of sp³-hybridized carbons (Fsp3) is 0.400. The molecule has 0 aliphatic carbocycles. The Morgan fingerprint density at radius 2 is 1.90 bits per heavy atom. The summed E-state index contributed by atoms with van der Waals surface area (Å²) in [7, 11) is 1.85. The Bertz CT molecular complexity index is 569. The third-order valence-corrected chi connectivity index (χ3v) is 4.33. The Kier molecular flexibility index (Phi) is 4.96. The summed E-state index contributed by atoms with van der Waals surface area (Å²) in [6.45, 7) is 2.03. The summed E-state index contributed by atoms with van der Waals surface area (Å²) >= 11 is 3.52. The molecule has 1 heterocycles. The second-order valence-electron chi connectivity index (χ2n) is 4.81. The molecule has 0 radical (unpaired) electrons. The highest BCUT2D eigenvalue weighted by atomic mass is 79.9. The fourth-order valence-electron chi connectivity index (χ4n) is 2.22. The molecule has 0 saturated carbocycles. The Balaban J connectivity index is 2.16. The fourth-order valence-corrected chi connectivity index (χ4v) is 3.00. The predicted molar refractivity (Wildman–Crippen MR) is 81.4 cm³/mol. The quantitative estimate of drug-likeness (QED) is 0.879. The van der Waals surface area contributed by atoms with Crippen LogP contribution in [0.3, 0.4) is 0 Å². The second-order valence-corrected chi connectivity index (χ2v) is 5.60. The molecular formula is C15H19BrN2O2. The van der Waals surface area contributed by atoms with Gasteiger partial charge in [-0.05, 0) is 27.9 Å². The van der Waals surface area contributed by atoms with Gasteiger partial charge in [0.15, 0.2) is 0 Å². The molecule has 1 aromatic heterocycles. The van der Waals surface area contributed by atoms with Crippen molar-refractivity contribution in [1.29, 1.82) is 0 Å². The minimum Gasteiger partial charge on any atom is -0.390 e. The highest BCUT2D eigenvalue weighted by Gasteiger charge is 2.22. The molecule has 5 heteroatoms. The molecule has 0 spiro atoms. The summed E-state index contributed by atoms with van der Waals surface area (Å²) in [5.41, 5.74) is 2.57. The number of nitrogens with zero attached hydrogens (tertiary/aromatic N) is 2. The maximum atomic E-state index is 10.2. The van der Waals surface area contributed by atoms with Crippen LogP contribution in [0.2, 0.25) is 0 Å². The Morgan fingerprint density at radius 1 is 1.25 bits per heavy atom. The van der Waals surface area contributed by atoms with E-state index in [0.29, 0.717) is 12.0 Å². The highest BCUT2D eigenvalue weighted by Crippen LogP contribution is 2.26. The number of halogens is 1. The van der Waals surface area contributed by atoms with Gasteiger partial charge >= 0.3 is 0 Å². The zero-order chi connectivity index (χ0) is 14.7. The summed E-state index contributed by atoms with van der Waals surface area (Å²) in [4.78, 5) is 0. The number of aromatic nitrogens is 2. The Morgan fingerprint density at radius 3 is 2.45 bits per heavy atom. The zero-order valence-electron chi connectivity index (χ0n) is 11.6. The molecule has 0 fully saturated rings. The average molecular weight is 339 g/mol. The van der Waals surface area contributed by atoms with Gasteiger partial charge in [0.1, 0.15) is 6.10 Å². The predicted octanol–water partition coefficient (Wildman–Crippen LogP) is 2.38. The van der Waals surface area contributed by atoms with Crippen LogP contribution in [0.5, 0.6) is 0 Å². The molecule has 1 aromatic carbocycles. The number of aryl methyl sites for hydroxylation is 2. The molecule has 2 atom stereocenters. The van der Waals surface area contributed by atoms with E-state index in [1.165, 1.54) is 0 Å². The van der Waals surface area contributed by atoms with Gasteiger partial charge in [-0.25, -0.2) is 0 Å². The van der Waals surface area contributed by atoms with Crippen molar-refractivity contribution in [3.05, 3.63) is 51.8 Å². The SMILES string of the molecule is CCc1nn(C)c(CC(O)C(O)c2ccccc2)c1Br. The largest absolute Gasteiger partial charge is 0.390 e. The van der Waals surface area contributed by atoms with E-state index < -0.39 is 12.2 Å². The lowest BCUT2D eigenvalue weighted by molar-refractivity contribution is 0.0178. The lowest BCUT2D eigenvalue weighted by Crippen LogP contribution is -2.22. The molecule has 0 saturated heterocycles. The van der Waals surface area contributed by atoms with Gasteiger partial charge in [0.25, 0.3) is 0 Å². The van der Waals surface area contributed by atoms with Crippen LogP contribution in [-0.2, 0) is 19.9 Å². The third-order valence-electron chi connectivity index (χ3n) is 3.41. The van der Waals surface area contributed by atoms with E-state index in [1.807, 2.05) is 44.3 Å². The van der Waals surface area contributed by atoms with Crippen LogP contribution in [-0.4, -0.2) is 26.1 Å². The molecule has 0 bridgehead atoms. The van der Waals surface area contributed by atoms with Crippen molar-refractivity contribution >= 4 is 15.9 Å². The van der Waals surface area contributed by atoms with Gasteiger partial charge in [0, 0.05) is 13.5 Å². The van der Waals surface area contributed by atoms with E-state index in [2.05, 4.69) is 21.0 Å². The van der Waals surface area contributed by atoms with Crippen molar-refractivity contribution in [2.24, 2.45) is 7.05 Å². The number of aliphatic hydroxyl groups is 2. The maximum absolute atomic E-state index is 10.2. The number of hydrogen-bond acceptors (Lipinski definition) is 3. The van der Waals surface area contributed by atoms with E-state index >= 15 is 0 Å². The molecule has 2 rings (SSSR count). The van der Waals surface area contributed by atoms with Gasteiger partial charge < -0.3 is 10.2 Å². The smallest absolute Gasteiger partial charge is 0.105 e. The minimum absolute atomic E-state index is 0.347. The Labute approximate surface area is 127 Å². The molecule has 2 unspecified atom stereocenters. The standard InChI is InChI=1S/C15H19BrN2O2/c1-3-11-14(16)12(18(2)17-11)9-13(19)15(20)10-7-5-4-6-8-10/h4-8,13,15,19-20H,3,9H2,1-2H3. The van der Waals surface area contributed by atoms with E-state index in [9.17, 15) is 10.2 Å². The second kappa shape index (κ2) is 6.52. The van der Waals surface area contributed by atoms with E-state index in [1.54, 1.807) is 4.68 Å². The summed E-state index contributed by atoms with van der Waals surface area (Å²) in [5, 5.41) is 24.8.